The first-order chi connectivity index (χ1) is 27.9. The third kappa shape index (κ3) is 11.7. The maximum absolute atomic E-state index is 13.3. The zero-order valence-corrected chi connectivity index (χ0v) is 29.7. The Morgan fingerprint density at radius 2 is 1.03 bits per heavy atom. The summed E-state index contributed by atoms with van der Waals surface area (Å²) in [6.07, 6.45) is -24.2. The predicted molar refractivity (Wildman–Crippen MR) is 185 cm³/mol. The Kier molecular flexibility index (Phi) is 12.7. The van der Waals surface area contributed by atoms with E-state index in [1.165, 1.54) is 0 Å². The Morgan fingerprint density at radius 3 is 1.50 bits per heavy atom. The van der Waals surface area contributed by atoms with Crippen molar-refractivity contribution >= 4 is 24.1 Å². The van der Waals surface area contributed by atoms with E-state index >= 15 is 0 Å². The molecule has 2 N–H and O–H groups in total. The highest BCUT2D eigenvalue weighted by atomic mass is 19.4. The monoisotopic (exact) mass is 860 g/mol. The number of carboxylic acid groups (broad SMARTS) is 2. The number of ether oxygens (including phenoxy) is 4. The molecule has 4 aromatic rings. The number of hydrogen-bond donors (Lipinski definition) is 2. The van der Waals surface area contributed by atoms with Gasteiger partial charge in [0.15, 0.2) is 0 Å². The van der Waals surface area contributed by atoms with Crippen molar-refractivity contribution in [2.75, 3.05) is 0 Å². The fraction of sp³-hybridized carbons (Fsp3) is 0.200. The SMILES string of the molecule is O=C(O)C1=Cc2cc(OC(F)(F)F)cc(C#Cc3ccccc3)c2OC1C(F)(F)F.O=C(O)C1=Cc2cc(OC(F)(F)F)cc(CCc3ccccc3)c2OC1C(F)(F)F. The lowest BCUT2D eigenvalue weighted by Gasteiger charge is -2.29. The molecule has 0 spiro atoms. The quantitative estimate of drug-likeness (QED) is 0.140. The van der Waals surface area contributed by atoms with Gasteiger partial charge in [-0.3, -0.25) is 0 Å². The first-order valence-corrected chi connectivity index (χ1v) is 16.7. The zero-order chi connectivity index (χ0) is 44.2. The molecule has 0 bridgehead atoms. The lowest BCUT2D eigenvalue weighted by atomic mass is 9.95. The summed E-state index contributed by atoms with van der Waals surface area (Å²) in [5.41, 5.74) is -1.94. The highest BCUT2D eigenvalue weighted by Gasteiger charge is 2.50. The summed E-state index contributed by atoms with van der Waals surface area (Å²) >= 11 is 0. The molecule has 0 radical (unpaired) electrons. The Hall–Kier alpha value is -6.78. The summed E-state index contributed by atoms with van der Waals surface area (Å²) in [5, 5.41) is 18.2. The number of carboxylic acids is 2. The second kappa shape index (κ2) is 17.2. The average Bonchev–Trinajstić information content (AvgIpc) is 3.14. The molecule has 0 aliphatic carbocycles. The lowest BCUT2D eigenvalue weighted by molar-refractivity contribution is -0.275. The summed E-state index contributed by atoms with van der Waals surface area (Å²) < 4.78 is 173. The van der Waals surface area contributed by atoms with Crippen molar-refractivity contribution in [3.05, 3.63) is 129 Å². The van der Waals surface area contributed by atoms with Gasteiger partial charge in [-0.05, 0) is 72.5 Å². The van der Waals surface area contributed by atoms with Gasteiger partial charge >= 0.3 is 37.0 Å². The minimum atomic E-state index is -5.08. The molecule has 2 aliphatic rings. The fourth-order valence-corrected chi connectivity index (χ4v) is 5.73. The van der Waals surface area contributed by atoms with Gasteiger partial charge in [-0.2, -0.15) is 26.3 Å². The Bertz CT molecular complexity index is 2350. The van der Waals surface area contributed by atoms with Crippen LogP contribution in [0.3, 0.4) is 0 Å². The normalized spacial score (nSPS) is 16.1. The summed E-state index contributed by atoms with van der Waals surface area (Å²) in [6.45, 7) is 0. The number of halogens is 12. The first-order valence-electron chi connectivity index (χ1n) is 16.7. The summed E-state index contributed by atoms with van der Waals surface area (Å²) in [4.78, 5) is 22.5. The maximum Gasteiger partial charge on any atom is 0.573 e. The molecule has 2 aliphatic heterocycles. The minimum absolute atomic E-state index is 0.0329. The van der Waals surface area contributed by atoms with Gasteiger partial charge < -0.3 is 29.2 Å². The van der Waals surface area contributed by atoms with Gasteiger partial charge in [0.2, 0.25) is 12.2 Å². The standard InChI is InChI=1S/C20H14F6O4.C20H10F6O4/c2*21-19(22,23)17-15(18(27)28)10-13-9-14(30-20(24,25)26)8-12(16(13)29-17)7-6-11-4-2-1-3-5-11/h1-5,8-10,17H,6-7H2,(H,27,28);1-5,8-10,17H,(H,27,28). The van der Waals surface area contributed by atoms with Crippen molar-refractivity contribution < 1.29 is 91.4 Å². The topological polar surface area (TPSA) is 112 Å². The molecular weight excluding hydrogens is 836 g/mol. The first kappa shape index (κ1) is 44.3. The molecule has 60 heavy (non-hydrogen) atoms. The highest BCUT2D eigenvalue weighted by molar-refractivity contribution is 5.96. The van der Waals surface area contributed by atoms with E-state index in [2.05, 4.69) is 21.3 Å². The molecular formula is C40H24F12O8. The van der Waals surface area contributed by atoms with Gasteiger partial charge in [0.05, 0.1) is 16.7 Å². The van der Waals surface area contributed by atoms with E-state index < -0.39 is 77.6 Å². The zero-order valence-electron chi connectivity index (χ0n) is 29.7. The number of carbonyl (C=O) groups is 2. The number of alkyl halides is 12. The van der Waals surface area contributed by atoms with Gasteiger partial charge in [0.25, 0.3) is 0 Å². The third-order valence-electron chi connectivity index (χ3n) is 8.11. The highest BCUT2D eigenvalue weighted by Crippen LogP contribution is 2.43. The van der Waals surface area contributed by atoms with Crippen LogP contribution in [-0.4, -0.2) is 59.4 Å². The van der Waals surface area contributed by atoms with Crippen LogP contribution in [0.2, 0.25) is 0 Å². The smallest absolute Gasteiger partial charge is 0.478 e. The molecule has 0 amide bonds. The van der Waals surface area contributed by atoms with E-state index in [0.29, 0.717) is 24.1 Å². The Morgan fingerprint density at radius 1 is 0.583 bits per heavy atom. The van der Waals surface area contributed by atoms with Crippen molar-refractivity contribution in [3.8, 4) is 34.8 Å². The molecule has 0 saturated heterocycles. The van der Waals surface area contributed by atoms with Crippen molar-refractivity contribution in [2.45, 2.75) is 50.1 Å². The van der Waals surface area contributed by atoms with Crippen molar-refractivity contribution in [1.29, 1.82) is 0 Å². The molecule has 8 nitrogen and oxygen atoms in total. The Labute approximate surface area is 329 Å². The van der Waals surface area contributed by atoms with Gasteiger partial charge in [-0.25, -0.2) is 9.59 Å². The van der Waals surface area contributed by atoms with Gasteiger partial charge in [0.1, 0.15) is 23.0 Å². The molecule has 0 saturated carbocycles. The van der Waals surface area contributed by atoms with E-state index in [1.54, 1.807) is 60.7 Å². The van der Waals surface area contributed by atoms with E-state index in [4.69, 9.17) is 19.7 Å². The number of rotatable bonds is 7. The molecule has 6 rings (SSSR count). The molecule has 316 valence electrons. The van der Waals surface area contributed by atoms with Crippen LogP contribution in [0.25, 0.3) is 12.2 Å². The molecule has 2 unspecified atom stereocenters. The minimum Gasteiger partial charge on any atom is -0.478 e. The van der Waals surface area contributed by atoms with Crippen LogP contribution in [0, 0.1) is 11.8 Å². The van der Waals surface area contributed by atoms with Gasteiger partial charge in [-0.15, -0.1) is 26.3 Å². The maximum atomic E-state index is 13.3. The van der Waals surface area contributed by atoms with Crippen LogP contribution in [0.4, 0.5) is 52.7 Å². The number of benzene rings is 4. The van der Waals surface area contributed by atoms with E-state index in [1.807, 2.05) is 0 Å². The van der Waals surface area contributed by atoms with E-state index in [-0.39, 0.29) is 34.4 Å². The van der Waals surface area contributed by atoms with E-state index in [9.17, 15) is 62.3 Å². The van der Waals surface area contributed by atoms with E-state index in [0.717, 1.165) is 29.8 Å². The number of fused-ring (bicyclic) bond motifs is 2. The second-order valence-electron chi connectivity index (χ2n) is 12.5. The average molecular weight is 861 g/mol. The van der Waals surface area contributed by atoms with Crippen molar-refractivity contribution in [3.63, 3.8) is 0 Å². The molecule has 0 fully saturated rings. The largest absolute Gasteiger partial charge is 0.573 e. The van der Waals surface area contributed by atoms with Gasteiger partial charge in [0, 0.05) is 16.7 Å². The summed E-state index contributed by atoms with van der Waals surface area (Å²) in [5.74, 6) is -1.04. The number of aliphatic carboxylic acids is 2. The van der Waals surface area contributed by atoms with Crippen molar-refractivity contribution in [2.24, 2.45) is 0 Å². The van der Waals surface area contributed by atoms with Crippen LogP contribution >= 0.6 is 0 Å². The van der Waals surface area contributed by atoms with Crippen LogP contribution in [-0.2, 0) is 22.4 Å². The van der Waals surface area contributed by atoms with Crippen LogP contribution in [0.5, 0.6) is 23.0 Å². The molecule has 2 atom stereocenters. The summed E-state index contributed by atoms with van der Waals surface area (Å²) in [6, 6.07) is 20.1. The molecule has 4 aromatic carbocycles. The van der Waals surface area contributed by atoms with Crippen LogP contribution < -0.4 is 18.9 Å². The number of aryl methyl sites for hydroxylation is 2. The van der Waals surface area contributed by atoms with Crippen LogP contribution in [0.15, 0.2) is 96.1 Å². The van der Waals surface area contributed by atoms with Crippen molar-refractivity contribution in [1.82, 2.24) is 0 Å². The molecule has 20 heteroatoms. The third-order valence-corrected chi connectivity index (χ3v) is 8.11. The van der Waals surface area contributed by atoms with Crippen LogP contribution in [0.1, 0.15) is 33.4 Å². The predicted octanol–water partition coefficient (Wildman–Crippen LogP) is 9.94. The molecule has 2 heterocycles. The summed E-state index contributed by atoms with van der Waals surface area (Å²) in [7, 11) is 0. The Balaban J connectivity index is 0.000000228. The second-order valence-corrected chi connectivity index (χ2v) is 12.5. The lowest BCUT2D eigenvalue weighted by Crippen LogP contribution is -2.40. The fourth-order valence-electron chi connectivity index (χ4n) is 5.73. The van der Waals surface area contributed by atoms with Gasteiger partial charge in [-0.1, -0.05) is 60.4 Å². The molecule has 0 aromatic heterocycles. The number of hydrogen-bond acceptors (Lipinski definition) is 6.